The van der Waals surface area contributed by atoms with E-state index in [4.69, 9.17) is 10.5 Å². The van der Waals surface area contributed by atoms with Crippen LogP contribution in [-0.4, -0.2) is 25.6 Å². The van der Waals surface area contributed by atoms with E-state index >= 15 is 0 Å². The van der Waals surface area contributed by atoms with Crippen LogP contribution in [0.3, 0.4) is 0 Å². The number of rotatable bonds is 7. The monoisotopic (exact) mass is 184 g/mol. The first-order valence-electron chi connectivity index (χ1n) is 5.22. The van der Waals surface area contributed by atoms with Crippen molar-refractivity contribution in [3.05, 3.63) is 0 Å². The molecule has 0 radical (unpaired) electrons. The van der Waals surface area contributed by atoms with Gasteiger partial charge < -0.3 is 10.5 Å². The predicted molar refractivity (Wildman–Crippen MR) is 54.9 cm³/mol. The molecule has 3 heteroatoms. The molecule has 1 fully saturated rings. The van der Waals surface area contributed by atoms with E-state index in [0.29, 0.717) is 12.5 Å². The molecule has 1 rings (SSSR count). The lowest BCUT2D eigenvalue weighted by atomic mass is 10.4. The highest BCUT2D eigenvalue weighted by Gasteiger charge is 2.24. The van der Waals surface area contributed by atoms with Crippen molar-refractivity contribution in [3.63, 3.8) is 0 Å². The van der Waals surface area contributed by atoms with Crippen LogP contribution in [0, 0.1) is 5.92 Å². The first-order chi connectivity index (χ1) is 6.34. The summed E-state index contributed by atoms with van der Waals surface area (Å²) in [4.78, 5) is 4.25. The molecule has 1 saturated carbocycles. The van der Waals surface area contributed by atoms with E-state index in [1.54, 1.807) is 0 Å². The largest absolute Gasteiger partial charge is 0.387 e. The summed E-state index contributed by atoms with van der Waals surface area (Å²) in [5, 5.41) is 0. The van der Waals surface area contributed by atoms with Crippen LogP contribution in [0.4, 0.5) is 0 Å². The Morgan fingerprint density at radius 1 is 1.46 bits per heavy atom. The van der Waals surface area contributed by atoms with Crippen LogP contribution < -0.4 is 5.73 Å². The Balaban J connectivity index is 1.90. The topological polar surface area (TPSA) is 47.6 Å². The van der Waals surface area contributed by atoms with Crippen molar-refractivity contribution in [1.29, 1.82) is 0 Å². The molecule has 76 valence electrons. The Morgan fingerprint density at radius 3 is 2.85 bits per heavy atom. The standard InChI is InChI=1S/C10H20N2O/c1-2-3-7-13-8-6-12-10(11)9-4-5-9/h9H,2-8H2,1H3,(H2,11,12). The van der Waals surface area contributed by atoms with Crippen molar-refractivity contribution in [2.45, 2.75) is 32.6 Å². The molecule has 1 aliphatic carbocycles. The quantitative estimate of drug-likeness (QED) is 0.371. The summed E-state index contributed by atoms with van der Waals surface area (Å²) < 4.78 is 5.36. The molecule has 13 heavy (non-hydrogen) atoms. The summed E-state index contributed by atoms with van der Waals surface area (Å²) in [6, 6.07) is 0. The maximum absolute atomic E-state index is 5.71. The van der Waals surface area contributed by atoms with Gasteiger partial charge in [0.25, 0.3) is 0 Å². The number of unbranched alkanes of at least 4 members (excludes halogenated alkanes) is 1. The molecule has 0 heterocycles. The van der Waals surface area contributed by atoms with Crippen molar-refractivity contribution in [1.82, 2.24) is 0 Å². The summed E-state index contributed by atoms with van der Waals surface area (Å²) in [5.41, 5.74) is 5.71. The van der Waals surface area contributed by atoms with Crippen molar-refractivity contribution in [3.8, 4) is 0 Å². The lowest BCUT2D eigenvalue weighted by Gasteiger charge is -2.01. The molecule has 0 aromatic carbocycles. The zero-order chi connectivity index (χ0) is 9.52. The smallest absolute Gasteiger partial charge is 0.0969 e. The lowest BCUT2D eigenvalue weighted by Crippen LogP contribution is -2.15. The normalized spacial score (nSPS) is 17.8. The number of aliphatic imine (C=N–C) groups is 1. The van der Waals surface area contributed by atoms with Crippen LogP contribution in [0.1, 0.15) is 32.6 Å². The first-order valence-corrected chi connectivity index (χ1v) is 5.22. The molecule has 0 spiro atoms. The van der Waals surface area contributed by atoms with Gasteiger partial charge in [-0.25, -0.2) is 0 Å². The molecular formula is C10H20N2O. The zero-order valence-corrected chi connectivity index (χ0v) is 8.46. The number of nitrogens with zero attached hydrogens (tertiary/aromatic N) is 1. The maximum atomic E-state index is 5.71. The van der Waals surface area contributed by atoms with Gasteiger partial charge in [-0.05, 0) is 19.3 Å². The third kappa shape index (κ3) is 4.88. The second kappa shape index (κ2) is 5.97. The summed E-state index contributed by atoms with van der Waals surface area (Å²) in [5.74, 6) is 1.43. The second-order valence-corrected chi connectivity index (χ2v) is 3.55. The van der Waals surface area contributed by atoms with Crippen molar-refractivity contribution < 1.29 is 4.74 Å². The SMILES string of the molecule is CCCCOCCN=C(N)C1CC1. The van der Waals surface area contributed by atoms with E-state index in [-0.39, 0.29) is 0 Å². The van der Waals surface area contributed by atoms with Crippen LogP contribution in [-0.2, 0) is 4.74 Å². The average molecular weight is 184 g/mol. The number of hydrogen-bond donors (Lipinski definition) is 1. The second-order valence-electron chi connectivity index (χ2n) is 3.55. The summed E-state index contributed by atoms with van der Waals surface area (Å²) >= 11 is 0. The molecule has 0 bridgehead atoms. The maximum Gasteiger partial charge on any atom is 0.0969 e. The fraction of sp³-hybridized carbons (Fsp3) is 0.900. The van der Waals surface area contributed by atoms with Gasteiger partial charge in [0.05, 0.1) is 19.0 Å². The van der Waals surface area contributed by atoms with Crippen LogP contribution >= 0.6 is 0 Å². The predicted octanol–water partition coefficient (Wildman–Crippen LogP) is 1.57. The Hall–Kier alpha value is -0.570. The third-order valence-electron chi connectivity index (χ3n) is 2.17. The van der Waals surface area contributed by atoms with Crippen LogP contribution in [0.15, 0.2) is 4.99 Å². The van der Waals surface area contributed by atoms with Crippen LogP contribution in [0.25, 0.3) is 0 Å². The van der Waals surface area contributed by atoms with E-state index < -0.39 is 0 Å². The van der Waals surface area contributed by atoms with Gasteiger partial charge in [0, 0.05) is 12.5 Å². The van der Waals surface area contributed by atoms with E-state index in [2.05, 4.69) is 11.9 Å². The fourth-order valence-electron chi connectivity index (χ4n) is 1.10. The first kappa shape index (κ1) is 10.5. The molecule has 0 aromatic heterocycles. The fourth-order valence-corrected chi connectivity index (χ4v) is 1.10. The van der Waals surface area contributed by atoms with Gasteiger partial charge in [0.1, 0.15) is 0 Å². The molecule has 0 saturated heterocycles. The Labute approximate surface area is 80.4 Å². The number of amidine groups is 1. The van der Waals surface area contributed by atoms with Gasteiger partial charge in [0.2, 0.25) is 0 Å². The molecule has 0 atom stereocenters. The molecule has 0 aromatic rings. The van der Waals surface area contributed by atoms with Crippen LogP contribution in [0.2, 0.25) is 0 Å². The van der Waals surface area contributed by atoms with E-state index in [0.717, 1.165) is 25.4 Å². The van der Waals surface area contributed by atoms with Crippen molar-refractivity contribution in [2.24, 2.45) is 16.6 Å². The van der Waals surface area contributed by atoms with Crippen LogP contribution in [0.5, 0.6) is 0 Å². The Bertz CT molecular complexity index is 164. The molecule has 0 aliphatic heterocycles. The van der Waals surface area contributed by atoms with Gasteiger partial charge in [0.15, 0.2) is 0 Å². The van der Waals surface area contributed by atoms with Gasteiger partial charge in [-0.15, -0.1) is 0 Å². The molecule has 2 N–H and O–H groups in total. The minimum absolute atomic E-state index is 0.593. The Morgan fingerprint density at radius 2 is 2.23 bits per heavy atom. The molecule has 0 unspecified atom stereocenters. The highest BCUT2D eigenvalue weighted by molar-refractivity contribution is 5.84. The number of ether oxygens (including phenoxy) is 1. The van der Waals surface area contributed by atoms with E-state index in [1.807, 2.05) is 0 Å². The average Bonchev–Trinajstić information content (AvgIpc) is 2.93. The number of nitrogens with two attached hydrogens (primary N) is 1. The zero-order valence-electron chi connectivity index (χ0n) is 8.46. The molecule has 3 nitrogen and oxygen atoms in total. The highest BCUT2D eigenvalue weighted by atomic mass is 16.5. The summed E-state index contributed by atoms with van der Waals surface area (Å²) in [7, 11) is 0. The molecule has 1 aliphatic rings. The number of hydrogen-bond acceptors (Lipinski definition) is 2. The van der Waals surface area contributed by atoms with Gasteiger partial charge in [-0.2, -0.15) is 0 Å². The summed E-state index contributed by atoms with van der Waals surface area (Å²) in [6.45, 7) is 4.46. The molecule has 0 amide bonds. The van der Waals surface area contributed by atoms with Gasteiger partial charge in [-0.1, -0.05) is 13.3 Å². The van der Waals surface area contributed by atoms with E-state index in [1.165, 1.54) is 19.3 Å². The highest BCUT2D eigenvalue weighted by Crippen LogP contribution is 2.28. The Kier molecular flexibility index (Phi) is 4.83. The van der Waals surface area contributed by atoms with Crippen molar-refractivity contribution in [2.75, 3.05) is 19.8 Å². The van der Waals surface area contributed by atoms with Gasteiger partial charge >= 0.3 is 0 Å². The molecular weight excluding hydrogens is 164 g/mol. The van der Waals surface area contributed by atoms with Crippen molar-refractivity contribution >= 4 is 5.84 Å². The summed E-state index contributed by atoms with van der Waals surface area (Å²) in [6.07, 6.45) is 4.79. The van der Waals surface area contributed by atoms with E-state index in [9.17, 15) is 0 Å². The lowest BCUT2D eigenvalue weighted by molar-refractivity contribution is 0.139. The minimum atomic E-state index is 0.593. The van der Waals surface area contributed by atoms with Gasteiger partial charge in [-0.3, -0.25) is 4.99 Å². The minimum Gasteiger partial charge on any atom is -0.387 e. The third-order valence-corrected chi connectivity index (χ3v) is 2.17.